The third-order valence-corrected chi connectivity index (χ3v) is 5.03. The Morgan fingerprint density at radius 2 is 1.95 bits per heavy atom. The van der Waals surface area contributed by atoms with E-state index in [0.29, 0.717) is 12.2 Å². The SMILES string of the molecule is Cc1nc(Cc2nc(N)c3c(C)c(C)sc3n2)cs1. The van der Waals surface area contributed by atoms with Crippen LogP contribution in [0.2, 0.25) is 0 Å². The summed E-state index contributed by atoms with van der Waals surface area (Å²) in [6.07, 6.45) is 0.639. The Balaban J connectivity index is 2.06. The van der Waals surface area contributed by atoms with Crippen molar-refractivity contribution < 1.29 is 0 Å². The van der Waals surface area contributed by atoms with Crippen LogP contribution >= 0.6 is 22.7 Å². The molecule has 2 N–H and O–H groups in total. The normalized spacial score (nSPS) is 11.3. The molecule has 0 aromatic carbocycles. The number of anilines is 1. The van der Waals surface area contributed by atoms with E-state index in [0.717, 1.165) is 26.7 Å². The number of nitrogens with zero attached hydrogens (tertiary/aromatic N) is 3. The van der Waals surface area contributed by atoms with Gasteiger partial charge < -0.3 is 5.73 Å². The van der Waals surface area contributed by atoms with Crippen molar-refractivity contribution in [2.24, 2.45) is 0 Å². The summed E-state index contributed by atoms with van der Waals surface area (Å²) < 4.78 is 0. The van der Waals surface area contributed by atoms with Crippen molar-refractivity contribution in [2.75, 3.05) is 5.73 Å². The fourth-order valence-corrected chi connectivity index (χ4v) is 3.73. The molecule has 4 nitrogen and oxygen atoms in total. The lowest BCUT2D eigenvalue weighted by Gasteiger charge is -2.01. The largest absolute Gasteiger partial charge is 0.383 e. The highest BCUT2D eigenvalue weighted by Crippen LogP contribution is 2.32. The maximum atomic E-state index is 6.07. The second kappa shape index (κ2) is 4.54. The number of nitrogens with two attached hydrogens (primary N) is 1. The molecule has 3 rings (SSSR count). The number of rotatable bonds is 2. The highest BCUT2D eigenvalue weighted by molar-refractivity contribution is 7.18. The summed E-state index contributed by atoms with van der Waals surface area (Å²) in [5.41, 5.74) is 8.26. The fourth-order valence-electron chi connectivity index (χ4n) is 2.06. The van der Waals surface area contributed by atoms with Crippen molar-refractivity contribution in [1.29, 1.82) is 0 Å². The van der Waals surface area contributed by atoms with Crippen LogP contribution in [0, 0.1) is 20.8 Å². The second-order valence-corrected chi connectivity index (χ2v) is 6.79. The van der Waals surface area contributed by atoms with Crippen LogP contribution < -0.4 is 5.73 Å². The van der Waals surface area contributed by atoms with Gasteiger partial charge in [0.05, 0.1) is 22.5 Å². The lowest BCUT2D eigenvalue weighted by Crippen LogP contribution is -2.01. The number of thiazole rings is 1. The van der Waals surface area contributed by atoms with Gasteiger partial charge in [-0.1, -0.05) is 0 Å². The smallest absolute Gasteiger partial charge is 0.138 e. The Labute approximate surface area is 119 Å². The minimum Gasteiger partial charge on any atom is -0.383 e. The molecule has 6 heteroatoms. The van der Waals surface area contributed by atoms with Gasteiger partial charge in [0.1, 0.15) is 16.5 Å². The molecule has 0 spiro atoms. The van der Waals surface area contributed by atoms with Crippen LogP contribution in [-0.2, 0) is 6.42 Å². The summed E-state index contributed by atoms with van der Waals surface area (Å²) in [5.74, 6) is 1.32. The van der Waals surface area contributed by atoms with E-state index in [1.54, 1.807) is 22.7 Å². The molecule has 0 saturated carbocycles. The molecule has 3 aromatic rings. The quantitative estimate of drug-likeness (QED) is 0.787. The monoisotopic (exact) mass is 290 g/mol. The van der Waals surface area contributed by atoms with Gasteiger partial charge in [-0.25, -0.2) is 15.0 Å². The number of aryl methyl sites for hydroxylation is 3. The zero-order valence-electron chi connectivity index (χ0n) is 11.0. The van der Waals surface area contributed by atoms with Gasteiger partial charge in [-0.3, -0.25) is 0 Å². The van der Waals surface area contributed by atoms with E-state index < -0.39 is 0 Å². The number of hydrogen-bond donors (Lipinski definition) is 1. The minimum absolute atomic E-state index is 0.578. The molecule has 0 radical (unpaired) electrons. The number of aromatic nitrogens is 3. The van der Waals surface area contributed by atoms with Crippen LogP contribution in [0.5, 0.6) is 0 Å². The third-order valence-electron chi connectivity index (χ3n) is 3.11. The molecular weight excluding hydrogens is 276 g/mol. The van der Waals surface area contributed by atoms with E-state index >= 15 is 0 Å². The van der Waals surface area contributed by atoms with E-state index in [1.807, 2.05) is 12.3 Å². The van der Waals surface area contributed by atoms with E-state index in [-0.39, 0.29) is 0 Å². The van der Waals surface area contributed by atoms with Crippen LogP contribution in [0.4, 0.5) is 5.82 Å². The third kappa shape index (κ3) is 2.21. The molecule has 0 aliphatic heterocycles. The molecule has 0 amide bonds. The topological polar surface area (TPSA) is 64.7 Å². The first-order valence-corrected chi connectivity index (χ1v) is 7.67. The lowest BCUT2D eigenvalue weighted by atomic mass is 10.2. The van der Waals surface area contributed by atoms with Crippen molar-refractivity contribution in [3.63, 3.8) is 0 Å². The van der Waals surface area contributed by atoms with E-state index in [4.69, 9.17) is 5.73 Å². The summed E-state index contributed by atoms with van der Waals surface area (Å²) in [6, 6.07) is 0. The van der Waals surface area contributed by atoms with Crippen LogP contribution in [0.1, 0.15) is 27.0 Å². The molecule has 3 aromatic heterocycles. The molecule has 0 aliphatic rings. The van der Waals surface area contributed by atoms with E-state index in [9.17, 15) is 0 Å². The highest BCUT2D eigenvalue weighted by Gasteiger charge is 2.13. The summed E-state index contributed by atoms with van der Waals surface area (Å²) in [6.45, 7) is 6.15. The summed E-state index contributed by atoms with van der Waals surface area (Å²) in [4.78, 5) is 15.7. The van der Waals surface area contributed by atoms with Crippen LogP contribution in [-0.4, -0.2) is 15.0 Å². The number of fused-ring (bicyclic) bond motifs is 1. The fraction of sp³-hybridized carbons (Fsp3) is 0.308. The molecule has 0 fully saturated rings. The summed E-state index contributed by atoms with van der Waals surface area (Å²) >= 11 is 3.32. The molecule has 0 aliphatic carbocycles. The van der Waals surface area contributed by atoms with Gasteiger partial charge in [0, 0.05) is 10.3 Å². The Kier molecular flexibility index (Phi) is 2.99. The van der Waals surface area contributed by atoms with Gasteiger partial charge in [0.2, 0.25) is 0 Å². The van der Waals surface area contributed by atoms with Gasteiger partial charge in [-0.15, -0.1) is 22.7 Å². The Morgan fingerprint density at radius 3 is 2.63 bits per heavy atom. The Bertz CT molecular complexity index is 757. The van der Waals surface area contributed by atoms with Gasteiger partial charge in [0.15, 0.2) is 0 Å². The zero-order valence-corrected chi connectivity index (χ0v) is 12.7. The first kappa shape index (κ1) is 12.5. The molecule has 98 valence electrons. The van der Waals surface area contributed by atoms with E-state index in [1.165, 1.54) is 10.4 Å². The van der Waals surface area contributed by atoms with Crippen LogP contribution in [0.3, 0.4) is 0 Å². The van der Waals surface area contributed by atoms with E-state index in [2.05, 4.69) is 28.8 Å². The lowest BCUT2D eigenvalue weighted by molar-refractivity contribution is 0.966. The van der Waals surface area contributed by atoms with Gasteiger partial charge in [0.25, 0.3) is 0 Å². The second-order valence-electron chi connectivity index (χ2n) is 4.52. The Morgan fingerprint density at radius 1 is 1.16 bits per heavy atom. The molecule has 0 unspecified atom stereocenters. The summed E-state index contributed by atoms with van der Waals surface area (Å²) in [7, 11) is 0. The maximum Gasteiger partial charge on any atom is 0.138 e. The van der Waals surface area contributed by atoms with Gasteiger partial charge in [-0.2, -0.15) is 0 Å². The highest BCUT2D eigenvalue weighted by atomic mass is 32.1. The average molecular weight is 290 g/mol. The first-order chi connectivity index (χ1) is 9.04. The standard InChI is InChI=1S/C13H14N4S2/c1-6-7(2)19-13-11(6)12(14)16-10(17-13)4-9-5-18-8(3)15-9/h5H,4H2,1-3H3,(H2,14,16,17). The average Bonchev–Trinajstić information content (AvgIpc) is 2.85. The van der Waals surface area contributed by atoms with Crippen molar-refractivity contribution in [3.05, 3.63) is 32.3 Å². The molecule has 0 bridgehead atoms. The predicted octanol–water partition coefficient (Wildman–Crippen LogP) is 3.25. The van der Waals surface area contributed by atoms with Crippen molar-refractivity contribution >= 4 is 38.7 Å². The predicted molar refractivity (Wildman–Crippen MR) is 81.0 cm³/mol. The van der Waals surface area contributed by atoms with Crippen LogP contribution in [0.15, 0.2) is 5.38 Å². The number of thiophene rings is 1. The minimum atomic E-state index is 0.578. The zero-order chi connectivity index (χ0) is 13.6. The van der Waals surface area contributed by atoms with Gasteiger partial charge >= 0.3 is 0 Å². The number of hydrogen-bond acceptors (Lipinski definition) is 6. The first-order valence-electron chi connectivity index (χ1n) is 5.97. The number of nitrogen functional groups attached to an aromatic ring is 1. The molecule has 3 heterocycles. The van der Waals surface area contributed by atoms with Crippen molar-refractivity contribution in [2.45, 2.75) is 27.2 Å². The van der Waals surface area contributed by atoms with Gasteiger partial charge in [-0.05, 0) is 26.3 Å². The Hall–Kier alpha value is -1.53. The van der Waals surface area contributed by atoms with Crippen molar-refractivity contribution in [3.8, 4) is 0 Å². The van der Waals surface area contributed by atoms with Crippen LogP contribution in [0.25, 0.3) is 10.2 Å². The molecule has 0 atom stereocenters. The molecular formula is C13H14N4S2. The maximum absolute atomic E-state index is 6.07. The molecule has 19 heavy (non-hydrogen) atoms. The molecule has 0 saturated heterocycles. The summed E-state index contributed by atoms with van der Waals surface area (Å²) in [5, 5.41) is 4.11. The van der Waals surface area contributed by atoms with Crippen molar-refractivity contribution in [1.82, 2.24) is 15.0 Å².